The number of hydrogen-bond donors (Lipinski definition) is 0. The molecular weight excluding hydrogens is 398 g/mol. The molecule has 0 bridgehead atoms. The lowest BCUT2D eigenvalue weighted by Gasteiger charge is -2.39. The van der Waals surface area contributed by atoms with Crippen LogP contribution in [0.25, 0.3) is 0 Å². The van der Waals surface area contributed by atoms with E-state index in [1.165, 1.54) is 0 Å². The maximum Gasteiger partial charge on any atom is 0.245 e. The molecule has 2 heterocycles. The predicted octanol–water partition coefficient (Wildman–Crippen LogP) is 4.14. The summed E-state index contributed by atoms with van der Waals surface area (Å²) in [4.78, 5) is 32.4. The molecule has 30 heavy (non-hydrogen) atoms. The highest BCUT2D eigenvalue weighted by molar-refractivity contribution is 6.30. The molecule has 158 valence electrons. The fourth-order valence-corrected chi connectivity index (χ4v) is 4.63. The minimum Gasteiger partial charge on any atom is -0.368 e. The van der Waals surface area contributed by atoms with Crippen molar-refractivity contribution < 1.29 is 9.59 Å². The third-order valence-corrected chi connectivity index (χ3v) is 6.38. The van der Waals surface area contributed by atoms with E-state index < -0.39 is 6.04 Å². The molecule has 1 atom stereocenters. The van der Waals surface area contributed by atoms with Crippen LogP contribution in [-0.2, 0) is 16.0 Å². The molecule has 6 heteroatoms. The number of carbonyl (C=O) groups is 2. The van der Waals surface area contributed by atoms with E-state index in [0.29, 0.717) is 25.9 Å². The van der Waals surface area contributed by atoms with Gasteiger partial charge in [-0.15, -0.1) is 0 Å². The monoisotopic (exact) mass is 425 g/mol. The number of rotatable bonds is 4. The van der Waals surface area contributed by atoms with Crippen molar-refractivity contribution in [2.75, 3.05) is 36.0 Å². The Labute approximate surface area is 183 Å². The van der Waals surface area contributed by atoms with Gasteiger partial charge in [-0.25, -0.2) is 0 Å². The van der Waals surface area contributed by atoms with E-state index in [2.05, 4.69) is 11.0 Å². The molecule has 0 radical (unpaired) electrons. The zero-order valence-electron chi connectivity index (χ0n) is 17.4. The van der Waals surface area contributed by atoms with Crippen LogP contribution in [0.1, 0.15) is 31.7 Å². The Bertz CT molecular complexity index is 907. The van der Waals surface area contributed by atoms with E-state index in [-0.39, 0.29) is 11.8 Å². The molecule has 2 aromatic rings. The van der Waals surface area contributed by atoms with Crippen LogP contribution in [0.5, 0.6) is 0 Å². The summed E-state index contributed by atoms with van der Waals surface area (Å²) in [5.41, 5.74) is 3.18. The summed E-state index contributed by atoms with van der Waals surface area (Å²) in [5.74, 6) is 0.109. The standard InChI is InChI=1S/C24H28ClN3O2/c1-2-21(28-22-8-4-3-6-18(22)7-5-9-23(28)29)24(30)27-16-14-26(15-17-27)20-12-10-19(25)11-13-20/h3-4,6,8,10-13,21H,2,5,7,9,14-17H2,1H3/t21-/m0/s1. The highest BCUT2D eigenvalue weighted by atomic mass is 35.5. The SMILES string of the molecule is CC[C@@H](C(=O)N1CCN(c2ccc(Cl)cc2)CC1)N1C(=O)CCCc2ccccc21. The van der Waals surface area contributed by atoms with Gasteiger partial charge in [-0.3, -0.25) is 14.5 Å². The van der Waals surface area contributed by atoms with Gasteiger partial charge in [0, 0.05) is 49.0 Å². The number of fused-ring (bicyclic) bond motifs is 1. The van der Waals surface area contributed by atoms with Crippen LogP contribution in [0.3, 0.4) is 0 Å². The van der Waals surface area contributed by atoms with Gasteiger partial charge in [0.05, 0.1) is 0 Å². The van der Waals surface area contributed by atoms with Gasteiger partial charge in [0.1, 0.15) is 6.04 Å². The second kappa shape index (κ2) is 9.09. The van der Waals surface area contributed by atoms with Crippen molar-refractivity contribution in [2.45, 2.75) is 38.6 Å². The van der Waals surface area contributed by atoms with Crippen LogP contribution in [0.2, 0.25) is 5.02 Å². The minimum absolute atomic E-state index is 0.0540. The maximum atomic E-state index is 13.5. The Morgan fingerprint density at radius 1 is 1.00 bits per heavy atom. The number of halogens is 1. The molecule has 0 aliphatic carbocycles. The number of aryl methyl sites for hydroxylation is 1. The largest absolute Gasteiger partial charge is 0.368 e. The topological polar surface area (TPSA) is 43.9 Å². The lowest BCUT2D eigenvalue weighted by atomic mass is 10.1. The van der Waals surface area contributed by atoms with Gasteiger partial charge >= 0.3 is 0 Å². The van der Waals surface area contributed by atoms with E-state index in [1.54, 1.807) is 4.90 Å². The molecule has 4 rings (SSSR count). The first-order chi connectivity index (χ1) is 14.6. The Morgan fingerprint density at radius 3 is 2.40 bits per heavy atom. The van der Waals surface area contributed by atoms with Crippen LogP contribution in [0.4, 0.5) is 11.4 Å². The fourth-order valence-electron chi connectivity index (χ4n) is 4.50. The lowest BCUT2D eigenvalue weighted by molar-refractivity contribution is -0.135. The molecule has 0 unspecified atom stereocenters. The molecule has 2 amide bonds. The first-order valence-corrected chi connectivity index (χ1v) is 11.2. The fraction of sp³-hybridized carbons (Fsp3) is 0.417. The summed E-state index contributed by atoms with van der Waals surface area (Å²) in [5, 5.41) is 0.723. The van der Waals surface area contributed by atoms with Gasteiger partial charge in [-0.1, -0.05) is 36.7 Å². The van der Waals surface area contributed by atoms with E-state index in [1.807, 2.05) is 54.3 Å². The predicted molar refractivity (Wildman–Crippen MR) is 121 cm³/mol. The third kappa shape index (κ3) is 4.17. The average molecular weight is 426 g/mol. The van der Waals surface area contributed by atoms with E-state index >= 15 is 0 Å². The average Bonchev–Trinajstić information content (AvgIpc) is 2.94. The molecule has 2 aliphatic heterocycles. The lowest BCUT2D eigenvalue weighted by Crippen LogP contribution is -2.56. The van der Waals surface area contributed by atoms with Crippen LogP contribution in [0, 0.1) is 0 Å². The van der Waals surface area contributed by atoms with E-state index in [9.17, 15) is 9.59 Å². The van der Waals surface area contributed by atoms with Crippen molar-refractivity contribution in [3.8, 4) is 0 Å². The van der Waals surface area contributed by atoms with Gasteiger partial charge in [-0.05, 0) is 55.2 Å². The molecule has 0 N–H and O–H groups in total. The molecule has 2 aliphatic rings. The van der Waals surface area contributed by atoms with Crippen LogP contribution < -0.4 is 9.80 Å². The van der Waals surface area contributed by atoms with Crippen molar-refractivity contribution in [1.82, 2.24) is 4.90 Å². The van der Waals surface area contributed by atoms with Crippen molar-refractivity contribution in [1.29, 1.82) is 0 Å². The van der Waals surface area contributed by atoms with Gasteiger partial charge < -0.3 is 9.80 Å². The quantitative estimate of drug-likeness (QED) is 0.739. The zero-order valence-corrected chi connectivity index (χ0v) is 18.1. The second-order valence-electron chi connectivity index (χ2n) is 7.96. The summed E-state index contributed by atoms with van der Waals surface area (Å²) >= 11 is 6.00. The Morgan fingerprint density at radius 2 is 1.70 bits per heavy atom. The van der Waals surface area contributed by atoms with Crippen molar-refractivity contribution in [2.24, 2.45) is 0 Å². The molecule has 0 saturated carbocycles. The molecular formula is C24H28ClN3O2. The third-order valence-electron chi connectivity index (χ3n) is 6.12. The number of anilines is 2. The summed E-state index contributed by atoms with van der Waals surface area (Å²) in [6.45, 7) is 4.85. The van der Waals surface area contributed by atoms with Crippen molar-refractivity contribution >= 4 is 34.8 Å². The van der Waals surface area contributed by atoms with E-state index in [0.717, 1.165) is 47.9 Å². The molecule has 5 nitrogen and oxygen atoms in total. The Hall–Kier alpha value is -2.53. The number of hydrogen-bond acceptors (Lipinski definition) is 3. The Kier molecular flexibility index (Phi) is 6.28. The first kappa shape index (κ1) is 20.7. The summed E-state index contributed by atoms with van der Waals surface area (Å²) in [6, 6.07) is 15.4. The zero-order chi connectivity index (χ0) is 21.1. The van der Waals surface area contributed by atoms with Crippen LogP contribution in [-0.4, -0.2) is 48.9 Å². The Balaban J connectivity index is 1.49. The number of carbonyl (C=O) groups excluding carboxylic acids is 2. The smallest absolute Gasteiger partial charge is 0.245 e. The number of para-hydroxylation sites is 1. The first-order valence-electron chi connectivity index (χ1n) is 10.8. The maximum absolute atomic E-state index is 13.5. The van der Waals surface area contributed by atoms with Gasteiger partial charge in [0.2, 0.25) is 11.8 Å². The van der Waals surface area contributed by atoms with Crippen LogP contribution >= 0.6 is 11.6 Å². The highest BCUT2D eigenvalue weighted by Crippen LogP contribution is 2.30. The van der Waals surface area contributed by atoms with Crippen molar-refractivity contribution in [3.63, 3.8) is 0 Å². The molecule has 0 aromatic heterocycles. The van der Waals surface area contributed by atoms with Gasteiger partial charge in [0.25, 0.3) is 0 Å². The summed E-state index contributed by atoms with van der Waals surface area (Å²) < 4.78 is 0. The second-order valence-corrected chi connectivity index (χ2v) is 8.40. The number of benzene rings is 2. The molecule has 0 spiro atoms. The number of amides is 2. The highest BCUT2D eigenvalue weighted by Gasteiger charge is 2.35. The minimum atomic E-state index is -0.446. The molecule has 1 saturated heterocycles. The van der Waals surface area contributed by atoms with E-state index in [4.69, 9.17) is 11.6 Å². The van der Waals surface area contributed by atoms with Gasteiger partial charge in [0.15, 0.2) is 0 Å². The van der Waals surface area contributed by atoms with Crippen LogP contribution in [0.15, 0.2) is 48.5 Å². The van der Waals surface area contributed by atoms with Crippen molar-refractivity contribution in [3.05, 3.63) is 59.1 Å². The summed E-state index contributed by atoms with van der Waals surface area (Å²) in [7, 11) is 0. The normalized spacial score (nSPS) is 18.1. The molecule has 2 aromatic carbocycles. The van der Waals surface area contributed by atoms with Gasteiger partial charge in [-0.2, -0.15) is 0 Å². The molecule has 1 fully saturated rings. The number of nitrogens with zero attached hydrogens (tertiary/aromatic N) is 3. The number of piperazine rings is 1. The summed E-state index contributed by atoms with van der Waals surface area (Å²) in [6.07, 6.45) is 2.80.